The molecule has 55 heavy (non-hydrogen) atoms. The van der Waals surface area contributed by atoms with Gasteiger partial charge in [0.25, 0.3) is 0 Å². The quantitative estimate of drug-likeness (QED) is 0.157. The van der Waals surface area contributed by atoms with Crippen LogP contribution in [0.5, 0.6) is 11.5 Å². The smallest absolute Gasteiger partial charge is 0.137 e. The molecule has 6 heteroatoms. The molecular formula is C49H39N5O. The van der Waals surface area contributed by atoms with Crippen molar-refractivity contribution in [1.29, 1.82) is 0 Å². The summed E-state index contributed by atoms with van der Waals surface area (Å²) in [5.74, 6) is 2.39. The number of hydrogen-bond acceptors (Lipinski definition) is 4. The van der Waals surface area contributed by atoms with E-state index >= 15 is 0 Å². The summed E-state index contributed by atoms with van der Waals surface area (Å²) in [5, 5.41) is 2.28. The average molecular weight is 714 g/mol. The summed E-state index contributed by atoms with van der Waals surface area (Å²) in [5.41, 5.74) is 9.96. The molecule has 266 valence electrons. The van der Waals surface area contributed by atoms with Crippen molar-refractivity contribution in [3.05, 3.63) is 200 Å². The zero-order valence-electron chi connectivity index (χ0n) is 30.7. The van der Waals surface area contributed by atoms with E-state index < -0.39 is 0 Å². The molecule has 6 nitrogen and oxygen atoms in total. The van der Waals surface area contributed by atoms with Gasteiger partial charge < -0.3 is 19.1 Å². The fourth-order valence-electron chi connectivity index (χ4n) is 8.05. The predicted molar refractivity (Wildman–Crippen MR) is 226 cm³/mol. The van der Waals surface area contributed by atoms with Crippen LogP contribution in [-0.4, -0.2) is 20.8 Å². The topological polar surface area (TPSA) is 38.5 Å². The molecule has 0 atom stereocenters. The van der Waals surface area contributed by atoms with Gasteiger partial charge in [0.2, 0.25) is 0 Å². The van der Waals surface area contributed by atoms with E-state index in [9.17, 15) is 0 Å². The number of fused-ring (bicyclic) bond motifs is 5. The van der Waals surface area contributed by atoms with Gasteiger partial charge in [-0.05, 0) is 77.9 Å². The first-order valence-corrected chi connectivity index (χ1v) is 18.7. The van der Waals surface area contributed by atoms with Crippen molar-refractivity contribution in [2.24, 2.45) is 0 Å². The molecule has 0 saturated heterocycles. The summed E-state index contributed by atoms with van der Waals surface area (Å²) in [6, 6.07) is 59.6. The van der Waals surface area contributed by atoms with Gasteiger partial charge >= 0.3 is 0 Å². The van der Waals surface area contributed by atoms with E-state index in [1.54, 1.807) is 0 Å². The van der Waals surface area contributed by atoms with Crippen LogP contribution >= 0.6 is 0 Å². The second kappa shape index (κ2) is 13.1. The van der Waals surface area contributed by atoms with Crippen LogP contribution in [0.2, 0.25) is 0 Å². The van der Waals surface area contributed by atoms with Gasteiger partial charge in [0.15, 0.2) is 0 Å². The molecular weight excluding hydrogens is 675 g/mol. The minimum atomic E-state index is -0.235. The number of benzene rings is 6. The Morgan fingerprint density at radius 2 is 1.11 bits per heavy atom. The Kier molecular flexibility index (Phi) is 7.77. The van der Waals surface area contributed by atoms with Gasteiger partial charge in [0, 0.05) is 64.0 Å². The summed E-state index contributed by atoms with van der Waals surface area (Å²) in [4.78, 5) is 9.53. The normalized spacial score (nSPS) is 13.1. The highest BCUT2D eigenvalue weighted by molar-refractivity contribution is 6.20. The molecule has 0 N–H and O–H groups in total. The predicted octanol–water partition coefficient (Wildman–Crippen LogP) is 12.0. The van der Waals surface area contributed by atoms with E-state index in [0.717, 1.165) is 73.9 Å². The molecule has 1 aliphatic heterocycles. The van der Waals surface area contributed by atoms with Crippen LogP contribution in [0.4, 0.5) is 11.4 Å². The SMILES string of the molecule is CC(C)(c1ccccc1)c1ccnc(-n2c3cc(Oc4cccc(N5C=CN(c6ccccc6)C5)c4)ccc3c3c2c2ccccc2n3-c2ccccc2)c1. The van der Waals surface area contributed by atoms with Crippen LogP contribution in [0.25, 0.3) is 44.3 Å². The highest BCUT2D eigenvalue weighted by Gasteiger charge is 2.27. The Morgan fingerprint density at radius 3 is 1.89 bits per heavy atom. The summed E-state index contributed by atoms with van der Waals surface area (Å²) >= 11 is 0. The molecule has 0 bridgehead atoms. The Hall–Kier alpha value is -7.05. The number of pyridine rings is 1. The van der Waals surface area contributed by atoms with Crippen molar-refractivity contribution in [2.75, 3.05) is 16.5 Å². The van der Waals surface area contributed by atoms with Crippen molar-refractivity contribution >= 4 is 44.2 Å². The molecule has 0 spiro atoms. The second-order valence-corrected chi connectivity index (χ2v) is 14.6. The van der Waals surface area contributed by atoms with E-state index in [0.29, 0.717) is 0 Å². The summed E-state index contributed by atoms with van der Waals surface area (Å²) < 4.78 is 11.4. The first kappa shape index (κ1) is 32.6. The Balaban J connectivity index is 1.11. The third-order valence-corrected chi connectivity index (χ3v) is 10.9. The Bertz CT molecular complexity index is 2860. The minimum absolute atomic E-state index is 0.235. The summed E-state index contributed by atoms with van der Waals surface area (Å²) in [7, 11) is 0. The molecule has 6 aromatic carbocycles. The molecule has 4 heterocycles. The molecule has 3 aromatic heterocycles. The lowest BCUT2D eigenvalue weighted by atomic mass is 9.78. The molecule has 0 fully saturated rings. The monoisotopic (exact) mass is 713 g/mol. The molecule has 0 aliphatic carbocycles. The van der Waals surface area contributed by atoms with Gasteiger partial charge in [0.1, 0.15) is 17.3 Å². The number of hydrogen-bond donors (Lipinski definition) is 0. The van der Waals surface area contributed by atoms with E-state index in [-0.39, 0.29) is 5.41 Å². The number of rotatable bonds is 8. The van der Waals surface area contributed by atoms with Crippen LogP contribution in [0.15, 0.2) is 188 Å². The zero-order chi connectivity index (χ0) is 36.9. The van der Waals surface area contributed by atoms with E-state index in [1.165, 1.54) is 11.1 Å². The highest BCUT2D eigenvalue weighted by atomic mass is 16.5. The maximum absolute atomic E-state index is 6.69. The van der Waals surface area contributed by atoms with Crippen molar-refractivity contribution < 1.29 is 4.74 Å². The van der Waals surface area contributed by atoms with Crippen molar-refractivity contribution in [3.8, 4) is 23.0 Å². The standard InChI is InChI=1S/C49H39N5O/c1-49(2,35-15-6-3-7-16-35)36-27-28-50-46(31-36)54-45-33-41(55-40-22-14-21-39(32-40)52-30-29-51(34-52)37-17-8-4-9-18-37)25-26-43(45)47-48(54)42-23-12-13-24-44(42)53(47)38-19-10-5-11-20-38/h3-33H,34H2,1-2H3. The van der Waals surface area contributed by atoms with E-state index in [2.05, 4.69) is 203 Å². The number of ether oxygens (including phenoxy) is 1. The molecule has 0 amide bonds. The van der Waals surface area contributed by atoms with Gasteiger partial charge in [-0.2, -0.15) is 0 Å². The van der Waals surface area contributed by atoms with Crippen LogP contribution in [0, 0.1) is 0 Å². The zero-order valence-corrected chi connectivity index (χ0v) is 30.7. The number of para-hydroxylation sites is 3. The van der Waals surface area contributed by atoms with Gasteiger partial charge in [-0.15, -0.1) is 0 Å². The van der Waals surface area contributed by atoms with Crippen LogP contribution < -0.4 is 14.5 Å². The van der Waals surface area contributed by atoms with Crippen molar-refractivity contribution in [3.63, 3.8) is 0 Å². The van der Waals surface area contributed by atoms with Gasteiger partial charge in [-0.3, -0.25) is 4.57 Å². The molecule has 9 aromatic rings. The first-order valence-electron chi connectivity index (χ1n) is 18.7. The van der Waals surface area contributed by atoms with Crippen molar-refractivity contribution in [1.82, 2.24) is 14.1 Å². The lowest BCUT2D eigenvalue weighted by Gasteiger charge is -2.26. The van der Waals surface area contributed by atoms with E-state index in [4.69, 9.17) is 9.72 Å². The lowest BCUT2D eigenvalue weighted by Crippen LogP contribution is -2.24. The Morgan fingerprint density at radius 1 is 0.491 bits per heavy atom. The van der Waals surface area contributed by atoms with Gasteiger partial charge in [-0.1, -0.05) is 105 Å². The molecule has 0 unspecified atom stereocenters. The van der Waals surface area contributed by atoms with Crippen molar-refractivity contribution in [2.45, 2.75) is 19.3 Å². The maximum atomic E-state index is 6.69. The van der Waals surface area contributed by atoms with Crippen LogP contribution in [0.1, 0.15) is 25.0 Å². The third-order valence-electron chi connectivity index (χ3n) is 10.9. The third kappa shape index (κ3) is 5.62. The van der Waals surface area contributed by atoms with Crippen LogP contribution in [0.3, 0.4) is 0 Å². The highest BCUT2D eigenvalue weighted by Crippen LogP contribution is 2.43. The fraction of sp³-hybridized carbons (Fsp3) is 0.0816. The molecule has 1 aliphatic rings. The van der Waals surface area contributed by atoms with E-state index in [1.807, 2.05) is 18.3 Å². The second-order valence-electron chi connectivity index (χ2n) is 14.6. The Labute approximate surface area is 320 Å². The summed E-state index contributed by atoms with van der Waals surface area (Å²) in [6.07, 6.45) is 6.18. The first-order chi connectivity index (χ1) is 27.0. The minimum Gasteiger partial charge on any atom is -0.457 e. The molecule has 10 rings (SSSR count). The average Bonchev–Trinajstić information content (AvgIpc) is 3.95. The lowest BCUT2D eigenvalue weighted by molar-refractivity contribution is 0.483. The summed E-state index contributed by atoms with van der Waals surface area (Å²) in [6.45, 7) is 5.29. The molecule has 0 saturated carbocycles. The largest absolute Gasteiger partial charge is 0.457 e. The fourth-order valence-corrected chi connectivity index (χ4v) is 8.05. The number of anilines is 2. The van der Waals surface area contributed by atoms with Crippen LogP contribution in [-0.2, 0) is 5.41 Å². The number of nitrogens with zero attached hydrogens (tertiary/aromatic N) is 5. The molecule has 0 radical (unpaired) electrons. The van der Waals surface area contributed by atoms with Gasteiger partial charge in [0.05, 0.1) is 28.7 Å². The van der Waals surface area contributed by atoms with Gasteiger partial charge in [-0.25, -0.2) is 4.98 Å². The number of aromatic nitrogens is 3. The maximum Gasteiger partial charge on any atom is 0.137 e.